The summed E-state index contributed by atoms with van der Waals surface area (Å²) in [6.07, 6.45) is 1.27. The first-order valence-electron chi connectivity index (χ1n) is 9.51. The molecule has 2 N–H and O–H groups in total. The van der Waals surface area contributed by atoms with Crippen molar-refractivity contribution in [2.24, 2.45) is 5.92 Å². The van der Waals surface area contributed by atoms with Gasteiger partial charge in [-0.25, -0.2) is 0 Å². The van der Waals surface area contributed by atoms with E-state index in [0.29, 0.717) is 12.5 Å². The molecule has 25 heavy (non-hydrogen) atoms. The third kappa shape index (κ3) is 4.35. The quantitative estimate of drug-likeness (QED) is 0.666. The van der Waals surface area contributed by atoms with Gasteiger partial charge in [0.25, 0.3) is 0 Å². The van der Waals surface area contributed by atoms with Gasteiger partial charge in [0.05, 0.1) is 13.2 Å². The number of hydrogen-bond donors (Lipinski definition) is 2. The molecule has 3 aliphatic rings. The summed E-state index contributed by atoms with van der Waals surface area (Å²) in [5.74, 6) is -0.194. The van der Waals surface area contributed by atoms with Crippen LogP contribution < -0.4 is 0 Å². The van der Waals surface area contributed by atoms with Crippen molar-refractivity contribution in [2.45, 2.75) is 95.7 Å². The second-order valence-electron chi connectivity index (χ2n) is 7.79. The molecule has 2 saturated heterocycles. The fourth-order valence-corrected chi connectivity index (χ4v) is 3.84. The smallest absolute Gasteiger partial charge is 0.190 e. The third-order valence-electron chi connectivity index (χ3n) is 5.08. The van der Waals surface area contributed by atoms with Crippen LogP contribution in [-0.2, 0) is 23.7 Å². The Kier molecular flexibility index (Phi) is 6.36. The van der Waals surface area contributed by atoms with Crippen molar-refractivity contribution in [2.75, 3.05) is 13.2 Å². The van der Waals surface area contributed by atoms with Gasteiger partial charge in [-0.1, -0.05) is 20.3 Å². The molecule has 0 bridgehead atoms. The molecule has 6 atom stereocenters. The molecule has 0 aromatic rings. The minimum Gasteiger partial charge on any atom is -0.394 e. The second kappa shape index (κ2) is 8.17. The molecule has 7 nitrogen and oxygen atoms in total. The van der Waals surface area contributed by atoms with Gasteiger partial charge in [0, 0.05) is 12.8 Å². The Hall–Kier alpha value is -0.280. The molecule has 1 unspecified atom stereocenters. The molecule has 1 saturated carbocycles. The highest BCUT2D eigenvalue weighted by Crippen LogP contribution is 2.46. The highest BCUT2D eigenvalue weighted by atomic mass is 16.8. The van der Waals surface area contributed by atoms with Gasteiger partial charge >= 0.3 is 0 Å². The van der Waals surface area contributed by atoms with Crippen molar-refractivity contribution >= 4 is 0 Å². The Morgan fingerprint density at radius 3 is 2.48 bits per heavy atom. The predicted octanol–water partition coefficient (Wildman–Crippen LogP) is 1.54. The predicted molar refractivity (Wildman–Crippen MR) is 88.7 cm³/mol. The summed E-state index contributed by atoms with van der Waals surface area (Å²) in [6.45, 7) is 6.14. The zero-order chi connectivity index (χ0) is 18.0. The minimum atomic E-state index is -1.05. The molecule has 0 radical (unpaired) electrons. The van der Waals surface area contributed by atoms with Crippen LogP contribution in [0.3, 0.4) is 0 Å². The van der Waals surface area contributed by atoms with Crippen LogP contribution in [0.1, 0.15) is 52.9 Å². The maximum atomic E-state index is 10.1. The minimum absolute atomic E-state index is 0.397. The fraction of sp³-hybridized carbons (Fsp3) is 1.00. The van der Waals surface area contributed by atoms with Gasteiger partial charge < -0.3 is 33.9 Å². The van der Waals surface area contributed by atoms with Crippen molar-refractivity contribution in [3.63, 3.8) is 0 Å². The van der Waals surface area contributed by atoms with E-state index in [4.69, 9.17) is 23.7 Å². The van der Waals surface area contributed by atoms with Crippen LogP contribution in [-0.4, -0.2) is 66.2 Å². The number of fused-ring (bicyclic) bond motifs is 1. The molecule has 1 aliphatic carbocycles. The van der Waals surface area contributed by atoms with E-state index >= 15 is 0 Å². The third-order valence-corrected chi connectivity index (χ3v) is 5.08. The van der Waals surface area contributed by atoms with E-state index in [9.17, 15) is 10.2 Å². The molecular formula is C18H32O7. The largest absolute Gasteiger partial charge is 0.394 e. The second-order valence-corrected chi connectivity index (χ2v) is 7.79. The zero-order valence-electron chi connectivity index (χ0n) is 15.4. The van der Waals surface area contributed by atoms with E-state index in [1.165, 1.54) is 6.42 Å². The molecule has 0 amide bonds. The van der Waals surface area contributed by atoms with E-state index in [1.807, 2.05) is 6.92 Å². The number of ether oxygens (including phenoxy) is 5. The first kappa shape index (κ1) is 19.5. The molecular weight excluding hydrogens is 328 g/mol. The van der Waals surface area contributed by atoms with Crippen molar-refractivity contribution in [3.05, 3.63) is 0 Å². The molecule has 3 fully saturated rings. The lowest BCUT2D eigenvalue weighted by molar-refractivity contribution is -0.270. The van der Waals surface area contributed by atoms with Crippen LogP contribution in [0.15, 0.2) is 0 Å². The molecule has 0 aromatic carbocycles. The number of rotatable bonds is 7. The normalized spacial score (nSPS) is 36.7. The van der Waals surface area contributed by atoms with E-state index in [0.717, 1.165) is 25.7 Å². The van der Waals surface area contributed by atoms with Crippen LogP contribution in [0.2, 0.25) is 0 Å². The van der Waals surface area contributed by atoms with Gasteiger partial charge in [-0.3, -0.25) is 0 Å². The van der Waals surface area contributed by atoms with Crippen molar-refractivity contribution in [3.8, 4) is 0 Å². The van der Waals surface area contributed by atoms with Crippen molar-refractivity contribution in [1.29, 1.82) is 0 Å². The van der Waals surface area contributed by atoms with Crippen LogP contribution >= 0.6 is 0 Å². The Balaban J connectivity index is 1.67. The average Bonchev–Trinajstić information content (AvgIpc) is 3.08. The molecule has 7 heteroatoms. The lowest BCUT2D eigenvalue weighted by Crippen LogP contribution is -2.46. The van der Waals surface area contributed by atoms with Crippen molar-refractivity contribution < 1.29 is 33.9 Å². The van der Waals surface area contributed by atoms with Crippen LogP contribution in [0, 0.1) is 5.92 Å². The maximum Gasteiger partial charge on any atom is 0.190 e. The van der Waals surface area contributed by atoms with Gasteiger partial charge in [-0.2, -0.15) is 0 Å². The summed E-state index contributed by atoms with van der Waals surface area (Å²) >= 11 is 0. The standard InChI is InChI=1S/C18H32O7/c1-11(2)10-21-12(3)22-15-14(13(20)9-19)23-17-16(15)24-18(25-17)7-5-4-6-8-18/h11-17,19-20H,4-10H2,1-3H3/t12?,13-,14+,15-,16+,17+/m0/s1. The van der Waals surface area contributed by atoms with E-state index in [2.05, 4.69) is 13.8 Å². The van der Waals surface area contributed by atoms with Gasteiger partial charge in [-0.15, -0.1) is 0 Å². The van der Waals surface area contributed by atoms with Gasteiger partial charge in [0.1, 0.15) is 24.4 Å². The molecule has 1 spiro atoms. The molecule has 2 heterocycles. The molecule has 146 valence electrons. The summed E-state index contributed by atoms with van der Waals surface area (Å²) in [4.78, 5) is 0. The Labute approximate surface area is 149 Å². The van der Waals surface area contributed by atoms with Crippen LogP contribution in [0.5, 0.6) is 0 Å². The van der Waals surface area contributed by atoms with Crippen molar-refractivity contribution in [1.82, 2.24) is 0 Å². The SMILES string of the molecule is CC(C)COC(C)O[C@@H]1[C@H]2OC3(CCCCC3)O[C@H]2O[C@@H]1[C@@H](O)CO. The number of aliphatic hydroxyl groups excluding tert-OH is 2. The summed E-state index contributed by atoms with van der Waals surface area (Å²) in [5.41, 5.74) is 0. The lowest BCUT2D eigenvalue weighted by atomic mass is 9.94. The number of hydrogen-bond acceptors (Lipinski definition) is 7. The maximum absolute atomic E-state index is 10.1. The van der Waals surface area contributed by atoms with Crippen LogP contribution in [0.25, 0.3) is 0 Å². The van der Waals surface area contributed by atoms with Gasteiger partial charge in [0.2, 0.25) is 0 Å². The average molecular weight is 360 g/mol. The first-order valence-corrected chi connectivity index (χ1v) is 9.51. The zero-order valence-corrected chi connectivity index (χ0v) is 15.4. The van der Waals surface area contributed by atoms with E-state index in [-0.39, 0.29) is 0 Å². The molecule has 0 aromatic heterocycles. The first-order chi connectivity index (χ1) is 11.9. The number of aliphatic hydroxyl groups is 2. The monoisotopic (exact) mass is 360 g/mol. The summed E-state index contributed by atoms with van der Waals surface area (Å²) in [5, 5.41) is 19.4. The van der Waals surface area contributed by atoms with Crippen LogP contribution in [0.4, 0.5) is 0 Å². The summed E-state index contributed by atoms with van der Waals surface area (Å²) < 4.78 is 29.9. The summed E-state index contributed by atoms with van der Waals surface area (Å²) in [6, 6.07) is 0. The Morgan fingerprint density at radius 1 is 1.12 bits per heavy atom. The van der Waals surface area contributed by atoms with Gasteiger partial charge in [0.15, 0.2) is 18.4 Å². The molecule has 2 aliphatic heterocycles. The topological polar surface area (TPSA) is 86.6 Å². The van der Waals surface area contributed by atoms with Gasteiger partial charge in [-0.05, 0) is 25.7 Å². The molecule has 3 rings (SSSR count). The van der Waals surface area contributed by atoms with E-state index < -0.39 is 49.4 Å². The Morgan fingerprint density at radius 2 is 1.84 bits per heavy atom. The highest BCUT2D eigenvalue weighted by molar-refractivity contribution is 4.99. The Bertz CT molecular complexity index is 424. The fourth-order valence-electron chi connectivity index (χ4n) is 3.84. The lowest BCUT2D eigenvalue weighted by Gasteiger charge is -2.35. The summed E-state index contributed by atoms with van der Waals surface area (Å²) in [7, 11) is 0. The highest BCUT2D eigenvalue weighted by Gasteiger charge is 2.59. The van der Waals surface area contributed by atoms with E-state index in [1.54, 1.807) is 0 Å².